The monoisotopic (exact) mass is 198 g/mol. The number of nitriles is 1. The van der Waals surface area contributed by atoms with Crippen LogP contribution in [0.4, 0.5) is 0 Å². The van der Waals surface area contributed by atoms with Gasteiger partial charge in [0.15, 0.2) is 0 Å². The zero-order valence-corrected chi connectivity index (χ0v) is 7.51. The predicted molar refractivity (Wildman–Crippen MR) is 44.7 cm³/mol. The van der Waals surface area contributed by atoms with E-state index in [4.69, 9.17) is 10.00 Å². The van der Waals surface area contributed by atoms with Crippen LogP contribution in [0.3, 0.4) is 0 Å². The second-order valence-corrected chi connectivity index (χ2v) is 3.20. The van der Waals surface area contributed by atoms with E-state index in [1.807, 2.05) is 6.07 Å². The molecular formula is C8H10N2O4. The number of hydrogen-bond acceptors (Lipinski definition) is 5. The Hall–Kier alpha value is -1.64. The maximum Gasteiger partial charge on any atom is 0.306 e. The van der Waals surface area contributed by atoms with E-state index in [0.717, 1.165) is 0 Å². The quantitative estimate of drug-likeness (QED) is 0.372. The average Bonchev–Trinajstić information content (AvgIpc) is 2.41. The van der Waals surface area contributed by atoms with Crippen LogP contribution in [0.1, 0.15) is 19.3 Å². The van der Waals surface area contributed by atoms with Crippen molar-refractivity contribution in [3.05, 3.63) is 10.1 Å². The van der Waals surface area contributed by atoms with Gasteiger partial charge in [0.2, 0.25) is 6.54 Å². The summed E-state index contributed by atoms with van der Waals surface area (Å²) in [5.74, 6) is -0.773. The third-order valence-electron chi connectivity index (χ3n) is 2.16. The molecule has 1 aliphatic rings. The first-order valence-electron chi connectivity index (χ1n) is 4.31. The number of nitro groups is 1. The van der Waals surface area contributed by atoms with E-state index in [-0.39, 0.29) is 25.3 Å². The number of carbonyl (C=O) groups excluding carboxylic acids is 1. The van der Waals surface area contributed by atoms with Crippen molar-refractivity contribution in [3.8, 4) is 6.07 Å². The van der Waals surface area contributed by atoms with Gasteiger partial charge in [0.05, 0.1) is 18.4 Å². The molecule has 0 aromatic rings. The van der Waals surface area contributed by atoms with Crippen LogP contribution in [-0.4, -0.2) is 23.5 Å². The minimum absolute atomic E-state index is 0.0943. The molecular weight excluding hydrogens is 188 g/mol. The van der Waals surface area contributed by atoms with E-state index in [1.54, 1.807) is 0 Å². The summed E-state index contributed by atoms with van der Waals surface area (Å²) in [6.07, 6.45) is 0.289. The Morgan fingerprint density at radius 1 is 1.71 bits per heavy atom. The lowest BCUT2D eigenvalue weighted by molar-refractivity contribution is -0.489. The minimum Gasteiger partial charge on any atom is -0.462 e. The van der Waals surface area contributed by atoms with Crippen LogP contribution in [0, 0.1) is 27.4 Å². The Balaban J connectivity index is 2.50. The number of esters is 1. The van der Waals surface area contributed by atoms with Gasteiger partial charge in [-0.15, -0.1) is 0 Å². The highest BCUT2D eigenvalue weighted by molar-refractivity contribution is 5.72. The smallest absolute Gasteiger partial charge is 0.306 e. The zero-order chi connectivity index (χ0) is 10.6. The van der Waals surface area contributed by atoms with E-state index in [9.17, 15) is 14.9 Å². The number of rotatable bonds is 4. The molecule has 0 aromatic carbocycles. The second kappa shape index (κ2) is 4.56. The number of carbonyl (C=O) groups is 1. The highest BCUT2D eigenvalue weighted by Gasteiger charge is 2.37. The van der Waals surface area contributed by atoms with Crippen LogP contribution < -0.4 is 0 Å². The minimum atomic E-state index is -0.452. The molecule has 6 nitrogen and oxygen atoms in total. The number of ether oxygens (including phenoxy) is 1. The van der Waals surface area contributed by atoms with Gasteiger partial charge in [-0.1, -0.05) is 0 Å². The fourth-order valence-electron chi connectivity index (χ4n) is 1.53. The van der Waals surface area contributed by atoms with E-state index in [2.05, 4.69) is 0 Å². The highest BCUT2D eigenvalue weighted by Crippen LogP contribution is 2.25. The van der Waals surface area contributed by atoms with Crippen LogP contribution in [-0.2, 0) is 9.53 Å². The Bertz CT molecular complexity index is 284. The van der Waals surface area contributed by atoms with Crippen molar-refractivity contribution in [1.82, 2.24) is 0 Å². The summed E-state index contributed by atoms with van der Waals surface area (Å²) in [6.45, 7) is -0.262. The summed E-state index contributed by atoms with van der Waals surface area (Å²) in [6, 6.07) is 1.92. The van der Waals surface area contributed by atoms with Crippen LogP contribution in [0.2, 0.25) is 0 Å². The molecule has 1 heterocycles. The van der Waals surface area contributed by atoms with Crippen LogP contribution in [0.5, 0.6) is 0 Å². The third kappa shape index (κ3) is 2.69. The first-order chi connectivity index (χ1) is 6.63. The number of cyclic esters (lactones) is 1. The van der Waals surface area contributed by atoms with Crippen molar-refractivity contribution in [3.63, 3.8) is 0 Å². The van der Waals surface area contributed by atoms with Crippen LogP contribution in [0.25, 0.3) is 0 Å². The van der Waals surface area contributed by atoms with Gasteiger partial charge in [0.25, 0.3) is 0 Å². The average molecular weight is 198 g/mol. The summed E-state index contributed by atoms with van der Waals surface area (Å²) in [5, 5.41) is 18.6. The fraction of sp³-hybridized carbons (Fsp3) is 0.750. The van der Waals surface area contributed by atoms with Crippen LogP contribution in [0.15, 0.2) is 0 Å². The van der Waals surface area contributed by atoms with Crippen molar-refractivity contribution < 1.29 is 14.5 Å². The third-order valence-corrected chi connectivity index (χ3v) is 2.16. The standard InChI is InChI=1S/C8H10N2O4/c9-3-1-2-7-6(5-10(12)13)4-8(11)14-7/h6-7H,1-2,4-5H2/t6-,7-/m0/s1. The van der Waals surface area contributed by atoms with Crippen molar-refractivity contribution in [2.75, 3.05) is 6.54 Å². The van der Waals surface area contributed by atoms with Crippen molar-refractivity contribution >= 4 is 5.97 Å². The molecule has 0 aliphatic carbocycles. The van der Waals surface area contributed by atoms with Crippen LogP contribution >= 0.6 is 0 Å². The summed E-state index contributed by atoms with van der Waals surface area (Å²) in [4.78, 5) is 20.7. The molecule has 0 spiro atoms. The van der Waals surface area contributed by atoms with Gasteiger partial charge in [-0.2, -0.15) is 5.26 Å². The molecule has 0 amide bonds. The Kier molecular flexibility index (Phi) is 3.40. The van der Waals surface area contributed by atoms with E-state index in [0.29, 0.717) is 6.42 Å². The maximum atomic E-state index is 10.9. The summed E-state index contributed by atoms with van der Waals surface area (Å²) < 4.78 is 4.88. The molecule has 2 atom stereocenters. The van der Waals surface area contributed by atoms with E-state index in [1.165, 1.54) is 0 Å². The normalized spacial score (nSPS) is 25.5. The molecule has 1 rings (SSSR count). The van der Waals surface area contributed by atoms with Gasteiger partial charge in [-0.3, -0.25) is 14.9 Å². The highest BCUT2D eigenvalue weighted by atomic mass is 16.6. The first kappa shape index (κ1) is 10.4. The molecule has 76 valence electrons. The molecule has 0 radical (unpaired) electrons. The molecule has 1 saturated heterocycles. The summed E-state index contributed by atoms with van der Waals surface area (Å²) in [7, 11) is 0. The molecule has 0 unspecified atom stereocenters. The lowest BCUT2D eigenvalue weighted by atomic mass is 9.98. The predicted octanol–water partition coefficient (Wildman–Crippen LogP) is 0.499. The Morgan fingerprint density at radius 2 is 2.43 bits per heavy atom. The largest absolute Gasteiger partial charge is 0.462 e. The molecule has 0 N–H and O–H groups in total. The van der Waals surface area contributed by atoms with Gasteiger partial charge in [-0.05, 0) is 6.42 Å². The topological polar surface area (TPSA) is 93.2 Å². The van der Waals surface area contributed by atoms with Crippen molar-refractivity contribution in [1.29, 1.82) is 5.26 Å². The second-order valence-electron chi connectivity index (χ2n) is 3.20. The molecule has 14 heavy (non-hydrogen) atoms. The molecule has 6 heteroatoms. The molecule has 1 aliphatic heterocycles. The van der Waals surface area contributed by atoms with Crippen molar-refractivity contribution in [2.45, 2.75) is 25.4 Å². The fourth-order valence-corrected chi connectivity index (χ4v) is 1.53. The Morgan fingerprint density at radius 3 is 3.00 bits per heavy atom. The van der Waals surface area contributed by atoms with Gasteiger partial charge >= 0.3 is 5.97 Å². The van der Waals surface area contributed by atoms with Gasteiger partial charge in [-0.25, -0.2) is 0 Å². The SMILES string of the molecule is N#CCC[C@@H]1OC(=O)C[C@H]1C[N+](=O)[O-]. The van der Waals surface area contributed by atoms with E-state index < -0.39 is 17.0 Å². The lowest BCUT2D eigenvalue weighted by Crippen LogP contribution is -2.23. The van der Waals surface area contributed by atoms with Gasteiger partial charge < -0.3 is 4.74 Å². The summed E-state index contributed by atoms with van der Waals surface area (Å²) >= 11 is 0. The van der Waals surface area contributed by atoms with Gasteiger partial charge in [0.1, 0.15) is 6.10 Å². The number of hydrogen-bond donors (Lipinski definition) is 0. The molecule has 1 fully saturated rings. The van der Waals surface area contributed by atoms with Gasteiger partial charge in [0, 0.05) is 11.3 Å². The zero-order valence-electron chi connectivity index (χ0n) is 7.51. The molecule has 0 aromatic heterocycles. The maximum absolute atomic E-state index is 10.9. The molecule has 0 saturated carbocycles. The van der Waals surface area contributed by atoms with Crippen molar-refractivity contribution in [2.24, 2.45) is 5.92 Å². The Labute approximate surface area is 80.6 Å². The molecule has 0 bridgehead atoms. The first-order valence-corrected chi connectivity index (χ1v) is 4.31. The van der Waals surface area contributed by atoms with E-state index >= 15 is 0 Å². The lowest BCUT2D eigenvalue weighted by Gasteiger charge is -2.11. The summed E-state index contributed by atoms with van der Waals surface area (Å²) in [5.41, 5.74) is 0. The number of nitrogens with zero attached hydrogens (tertiary/aromatic N) is 2.